The second-order valence-corrected chi connectivity index (χ2v) is 0.283. The van der Waals surface area contributed by atoms with Crippen LogP contribution < -0.4 is 0 Å². The van der Waals surface area contributed by atoms with Crippen molar-refractivity contribution in [3.8, 4) is 0 Å². The average Bonchev–Trinajstić information content (AvgIpc) is 0.811. The van der Waals surface area contributed by atoms with Gasteiger partial charge in [0.1, 0.15) is 0 Å². The molecule has 0 atom stereocenters. The molecule has 0 amide bonds. The van der Waals surface area contributed by atoms with E-state index < -0.39 is 6.16 Å². The van der Waals surface area contributed by atoms with E-state index in [4.69, 9.17) is 15.0 Å². The second kappa shape index (κ2) is 15.7. The zero-order chi connectivity index (χ0) is 3.58. The molecular weight excluding hydrogens is 233 g/mol. The van der Waals surface area contributed by atoms with Crippen molar-refractivity contribution in [2.45, 2.75) is 0 Å². The molecule has 0 aromatic heterocycles. The van der Waals surface area contributed by atoms with E-state index in [2.05, 4.69) is 0 Å². The molecule has 2 N–H and O–H groups in total. The van der Waals surface area contributed by atoms with E-state index in [1.807, 2.05) is 0 Å². The third-order valence-electron chi connectivity index (χ3n) is 0. The average molecular weight is 238 g/mol. The van der Waals surface area contributed by atoms with Crippen LogP contribution in [-0.2, 0) is 0 Å². The molecule has 0 saturated carbocycles. The van der Waals surface area contributed by atoms with Gasteiger partial charge in [0.2, 0.25) is 0 Å². The van der Waals surface area contributed by atoms with Crippen molar-refractivity contribution < 1.29 is 15.0 Å². The van der Waals surface area contributed by atoms with E-state index in [1.54, 1.807) is 0 Å². The fourth-order valence-corrected chi connectivity index (χ4v) is 0. The van der Waals surface area contributed by atoms with Crippen molar-refractivity contribution in [2.24, 2.45) is 0 Å². The van der Waals surface area contributed by atoms with Gasteiger partial charge in [0, 0.05) is 0 Å². The van der Waals surface area contributed by atoms with Gasteiger partial charge < -0.3 is 10.2 Å². The van der Waals surface area contributed by atoms with E-state index in [9.17, 15) is 0 Å². The maximum absolute atomic E-state index is 8.56. The monoisotopic (exact) mass is 238 g/mol. The Morgan fingerprint density at radius 2 is 1.14 bits per heavy atom. The van der Waals surface area contributed by atoms with Gasteiger partial charge in [-0.05, 0) is 0 Å². The molecule has 0 aliphatic rings. The van der Waals surface area contributed by atoms with Crippen molar-refractivity contribution in [2.75, 3.05) is 0 Å². The molecule has 0 saturated heterocycles. The molecule has 0 aliphatic heterocycles. The van der Waals surface area contributed by atoms with Gasteiger partial charge in [-0.1, -0.05) is 0 Å². The van der Waals surface area contributed by atoms with E-state index >= 15 is 0 Å². The zero-order valence-corrected chi connectivity index (χ0v) is 4.54. The first kappa shape index (κ1) is 23.0. The molecule has 0 radical (unpaired) electrons. The summed E-state index contributed by atoms with van der Waals surface area (Å²) in [6, 6.07) is 0. The van der Waals surface area contributed by atoms with Crippen LogP contribution in [0.5, 0.6) is 0 Å². The van der Waals surface area contributed by atoms with Crippen molar-refractivity contribution in [3.63, 3.8) is 0 Å². The van der Waals surface area contributed by atoms with Gasteiger partial charge in [0.25, 0.3) is 0 Å². The molecule has 7 heavy (non-hydrogen) atoms. The van der Waals surface area contributed by atoms with E-state index in [0.29, 0.717) is 0 Å². The van der Waals surface area contributed by atoms with Crippen molar-refractivity contribution in [3.05, 3.63) is 0 Å². The van der Waals surface area contributed by atoms with Gasteiger partial charge in [0.15, 0.2) is 0 Å². The third-order valence-corrected chi connectivity index (χ3v) is 0. The van der Waals surface area contributed by atoms with Crippen LogP contribution in [0.4, 0.5) is 4.79 Å². The van der Waals surface area contributed by atoms with Gasteiger partial charge in [0.05, 0.1) is 0 Å². The van der Waals surface area contributed by atoms with Gasteiger partial charge in [-0.25, -0.2) is 4.79 Å². The van der Waals surface area contributed by atoms with Crippen molar-refractivity contribution in [1.82, 2.24) is 0 Å². The summed E-state index contributed by atoms with van der Waals surface area (Å²) < 4.78 is 0. The molecule has 3 nitrogen and oxygen atoms in total. The minimum atomic E-state index is -1.83. The van der Waals surface area contributed by atoms with Crippen molar-refractivity contribution >= 4 is 89.2 Å². The second-order valence-electron chi connectivity index (χ2n) is 0.283. The minimum absolute atomic E-state index is 0. The first-order valence-corrected chi connectivity index (χ1v) is 0.651. The molecule has 0 rings (SSSR count). The Morgan fingerprint density at radius 1 is 1.14 bits per heavy atom. The molecule has 0 bridgehead atoms. The molecule has 0 heterocycles. The first-order chi connectivity index (χ1) is 1.73. The Labute approximate surface area is 102 Å². The number of hydrogen-bond acceptors (Lipinski definition) is 1. The third kappa shape index (κ3) is 72.0. The van der Waals surface area contributed by atoms with Gasteiger partial charge in [-0.3, -0.25) is 0 Å². The summed E-state index contributed by atoms with van der Waals surface area (Å²) in [5.41, 5.74) is 0. The van der Waals surface area contributed by atoms with E-state index in [0.717, 1.165) is 0 Å². The Hall–Kier alpha value is 2.00. The fraction of sp³-hybridized carbons (Fsp3) is 0. The summed E-state index contributed by atoms with van der Waals surface area (Å²) in [7, 11) is 0. The zero-order valence-electron chi connectivity index (χ0n) is 2.21. The molecule has 0 aromatic carbocycles. The van der Waals surface area contributed by atoms with Crippen LogP contribution in [-0.4, -0.2) is 75.5 Å². The number of carbonyl (C=O) groups is 1. The number of halogens is 1. The van der Waals surface area contributed by atoms with Crippen LogP contribution in [0.2, 0.25) is 0 Å². The molecule has 0 fully saturated rings. The Bertz CT molecular complexity index is 35.9. The number of hydrogen-bond donors (Lipinski definition) is 2. The molecule has 36 valence electrons. The van der Waals surface area contributed by atoms with Crippen LogP contribution >= 0.6 is 24.0 Å². The Kier molecular flexibility index (Phi) is 51.6. The van der Waals surface area contributed by atoms with Crippen LogP contribution in [0.1, 0.15) is 0 Å². The van der Waals surface area contributed by atoms with Crippen LogP contribution in [0.15, 0.2) is 0 Å². The number of carboxylic acid groups (broad SMARTS) is 2. The summed E-state index contributed by atoms with van der Waals surface area (Å²) in [6.07, 6.45) is -1.83. The summed E-state index contributed by atoms with van der Waals surface area (Å²) >= 11 is 0. The molecule has 0 aromatic rings. The standard InChI is InChI=1S/CH2O3.HI.2Na.2H/c2-1(3)4;;;;;/h(H2,2,3,4);1H;;;;. The normalized spacial score (nSPS) is 3.43. The van der Waals surface area contributed by atoms with Gasteiger partial charge in [-0.15, -0.1) is 24.0 Å². The summed E-state index contributed by atoms with van der Waals surface area (Å²) in [5.74, 6) is 0. The Morgan fingerprint density at radius 3 is 1.14 bits per heavy atom. The van der Waals surface area contributed by atoms with Crippen molar-refractivity contribution in [1.29, 1.82) is 0 Å². The maximum atomic E-state index is 8.56. The molecular formula is CH5INa2O3. The molecule has 6 heteroatoms. The fourth-order valence-electron chi connectivity index (χ4n) is 0. The van der Waals surface area contributed by atoms with Crippen LogP contribution in [0.25, 0.3) is 0 Å². The van der Waals surface area contributed by atoms with Crippen LogP contribution in [0.3, 0.4) is 0 Å². The summed E-state index contributed by atoms with van der Waals surface area (Å²) in [5, 5.41) is 13.9. The summed E-state index contributed by atoms with van der Waals surface area (Å²) in [6.45, 7) is 0. The first-order valence-electron chi connectivity index (χ1n) is 0.651. The van der Waals surface area contributed by atoms with E-state index in [1.165, 1.54) is 0 Å². The Balaban J connectivity index is -0.0000000150. The van der Waals surface area contributed by atoms with Crippen LogP contribution in [0, 0.1) is 0 Å². The van der Waals surface area contributed by atoms with Gasteiger partial charge in [-0.2, -0.15) is 0 Å². The summed E-state index contributed by atoms with van der Waals surface area (Å²) in [4.78, 5) is 8.56. The predicted octanol–water partition coefficient (Wildman–Crippen LogP) is -0.457. The van der Waals surface area contributed by atoms with E-state index in [-0.39, 0.29) is 83.1 Å². The number of rotatable bonds is 0. The molecule has 0 aliphatic carbocycles. The predicted molar refractivity (Wildman–Crippen MR) is 40.4 cm³/mol. The topological polar surface area (TPSA) is 57.5 Å². The molecule has 0 unspecified atom stereocenters. The quantitative estimate of drug-likeness (QED) is 0.443. The van der Waals surface area contributed by atoms with Gasteiger partial charge >= 0.3 is 65.3 Å². The SMILES string of the molecule is I.O=C(O)O.[NaH].[NaH]. The molecule has 0 spiro atoms.